The van der Waals surface area contributed by atoms with Gasteiger partial charge in [-0.3, -0.25) is 13.8 Å². The molecular formula is C57H106N2O6P+. The van der Waals surface area contributed by atoms with Gasteiger partial charge in [0.05, 0.1) is 39.9 Å². The molecule has 0 saturated carbocycles. The maximum atomic E-state index is 12.9. The van der Waals surface area contributed by atoms with Crippen LogP contribution in [0, 0.1) is 0 Å². The van der Waals surface area contributed by atoms with Crippen LogP contribution in [0.4, 0.5) is 0 Å². The van der Waals surface area contributed by atoms with E-state index in [4.69, 9.17) is 9.05 Å². The molecule has 0 aliphatic heterocycles. The molecule has 3 unspecified atom stereocenters. The van der Waals surface area contributed by atoms with Crippen molar-refractivity contribution in [1.82, 2.24) is 5.32 Å². The highest BCUT2D eigenvalue weighted by Crippen LogP contribution is 2.43. The molecule has 384 valence electrons. The van der Waals surface area contributed by atoms with Gasteiger partial charge in [-0.15, -0.1) is 0 Å². The van der Waals surface area contributed by atoms with Gasteiger partial charge in [-0.1, -0.05) is 228 Å². The number of hydrogen-bond donors (Lipinski definition) is 3. The van der Waals surface area contributed by atoms with E-state index in [9.17, 15) is 19.4 Å². The second-order valence-corrected chi connectivity index (χ2v) is 21.0. The van der Waals surface area contributed by atoms with E-state index in [0.29, 0.717) is 17.4 Å². The minimum atomic E-state index is -4.35. The largest absolute Gasteiger partial charge is 0.472 e. The molecule has 66 heavy (non-hydrogen) atoms. The number of phosphoric acid groups is 1. The van der Waals surface area contributed by atoms with Crippen molar-refractivity contribution in [3.05, 3.63) is 72.9 Å². The summed E-state index contributed by atoms with van der Waals surface area (Å²) in [7, 11) is 1.55. The van der Waals surface area contributed by atoms with Gasteiger partial charge < -0.3 is 19.8 Å². The van der Waals surface area contributed by atoms with Crippen LogP contribution in [0.2, 0.25) is 0 Å². The predicted octanol–water partition coefficient (Wildman–Crippen LogP) is 16.3. The SMILES string of the molecule is CC/C=C\C/C=C\C/C=C\C/C=C\CCCCCCCCCCCCCCCCCCCCCCC(=O)NC(COP(=O)(O)OCC[N+](C)(C)C)C(O)/C=C/CC/C=C/CCCCCCC. The standard InChI is InChI=1S/C57H105N2O6P/c1-6-8-10-12-14-16-18-19-20-21-22-23-24-25-26-27-28-29-30-31-32-33-34-35-36-37-38-39-41-43-45-47-49-51-57(61)58-55(54-65-66(62,63)64-53-52-59(3,4)5)56(60)50-48-46-44-42-40-17-15-13-11-9-7-2/h8,10,14,16,19-20,22-23,40,42,48,50,55-56,60H,6-7,9,11-13,15,17-18,21,24-39,41,43-47,49,51-54H2,1-5H3,(H-,58,61,62,63)/p+1/b10-8-,16-14-,20-19-,23-22-,42-40+,50-48+. The van der Waals surface area contributed by atoms with Gasteiger partial charge in [0.1, 0.15) is 13.2 Å². The number of nitrogens with zero attached hydrogens (tertiary/aromatic N) is 1. The van der Waals surface area contributed by atoms with Gasteiger partial charge in [-0.25, -0.2) is 4.57 Å². The molecule has 3 N–H and O–H groups in total. The Balaban J connectivity index is 4.00. The second kappa shape index (κ2) is 48.0. The van der Waals surface area contributed by atoms with Gasteiger partial charge in [0.2, 0.25) is 5.91 Å². The summed E-state index contributed by atoms with van der Waals surface area (Å²) >= 11 is 0. The molecule has 0 heterocycles. The molecule has 0 spiro atoms. The van der Waals surface area contributed by atoms with Gasteiger partial charge in [0.25, 0.3) is 0 Å². The zero-order valence-corrected chi connectivity index (χ0v) is 44.6. The van der Waals surface area contributed by atoms with E-state index in [-0.39, 0.29) is 19.1 Å². The number of rotatable bonds is 49. The van der Waals surface area contributed by atoms with Crippen molar-refractivity contribution in [1.29, 1.82) is 0 Å². The van der Waals surface area contributed by atoms with Crippen LogP contribution in [-0.2, 0) is 18.4 Å². The summed E-state index contributed by atoms with van der Waals surface area (Å²) in [4.78, 5) is 23.2. The second-order valence-electron chi connectivity index (χ2n) is 19.6. The van der Waals surface area contributed by atoms with Crippen molar-refractivity contribution in [2.24, 2.45) is 0 Å². The number of carbonyl (C=O) groups is 1. The van der Waals surface area contributed by atoms with Crippen LogP contribution in [0.3, 0.4) is 0 Å². The van der Waals surface area contributed by atoms with Gasteiger partial charge >= 0.3 is 7.82 Å². The van der Waals surface area contributed by atoms with E-state index in [2.05, 4.69) is 79.9 Å². The first-order valence-corrected chi connectivity index (χ1v) is 28.8. The lowest BCUT2D eigenvalue weighted by atomic mass is 10.0. The molecule has 0 aliphatic carbocycles. The maximum Gasteiger partial charge on any atom is 0.472 e. The number of aliphatic hydroxyl groups excluding tert-OH is 1. The lowest BCUT2D eigenvalue weighted by Crippen LogP contribution is -2.45. The van der Waals surface area contributed by atoms with E-state index in [1.54, 1.807) is 6.08 Å². The quantitative estimate of drug-likeness (QED) is 0.0243. The highest BCUT2D eigenvalue weighted by molar-refractivity contribution is 7.47. The Morgan fingerprint density at radius 1 is 0.530 bits per heavy atom. The molecule has 0 rings (SSSR count). The van der Waals surface area contributed by atoms with Crippen molar-refractivity contribution < 1.29 is 32.9 Å². The Morgan fingerprint density at radius 3 is 1.39 bits per heavy atom. The highest BCUT2D eigenvalue weighted by atomic mass is 31.2. The summed E-state index contributed by atoms with van der Waals surface area (Å²) in [5.74, 6) is -0.188. The van der Waals surface area contributed by atoms with E-state index >= 15 is 0 Å². The fourth-order valence-corrected chi connectivity index (χ4v) is 8.37. The van der Waals surface area contributed by atoms with Crippen molar-refractivity contribution in [3.63, 3.8) is 0 Å². The Kier molecular flexibility index (Phi) is 46.5. The molecule has 3 atom stereocenters. The minimum absolute atomic E-state index is 0.0551. The zero-order valence-electron chi connectivity index (χ0n) is 43.7. The zero-order chi connectivity index (χ0) is 48.5. The number of unbranched alkanes of at least 4 members (excludes halogenated alkanes) is 26. The molecule has 0 aliphatic rings. The molecule has 0 aromatic heterocycles. The van der Waals surface area contributed by atoms with Gasteiger partial charge in [0.15, 0.2) is 0 Å². The molecule has 0 aromatic rings. The summed E-state index contributed by atoms with van der Waals surface area (Å²) in [6.45, 7) is 4.66. The normalized spacial score (nSPS) is 14.6. The monoisotopic (exact) mass is 946 g/mol. The van der Waals surface area contributed by atoms with Gasteiger partial charge in [0, 0.05) is 6.42 Å². The number of carbonyl (C=O) groups excluding carboxylic acids is 1. The summed E-state index contributed by atoms with van der Waals surface area (Å²) in [5.41, 5.74) is 0. The Labute approximate surface area is 408 Å². The summed E-state index contributed by atoms with van der Waals surface area (Å²) in [5, 5.41) is 13.8. The third-order valence-corrected chi connectivity index (χ3v) is 12.9. The third kappa shape index (κ3) is 49.8. The minimum Gasteiger partial charge on any atom is -0.387 e. The van der Waals surface area contributed by atoms with Crippen LogP contribution in [0.5, 0.6) is 0 Å². The highest BCUT2D eigenvalue weighted by Gasteiger charge is 2.27. The number of allylic oxidation sites excluding steroid dienone is 11. The third-order valence-electron chi connectivity index (χ3n) is 11.9. The number of quaternary nitrogens is 1. The van der Waals surface area contributed by atoms with Crippen LogP contribution in [0.1, 0.15) is 232 Å². The molecular weight excluding hydrogens is 840 g/mol. The number of aliphatic hydroxyl groups is 1. The average molecular weight is 946 g/mol. The maximum absolute atomic E-state index is 12.9. The van der Waals surface area contributed by atoms with Crippen molar-refractivity contribution in [2.45, 2.75) is 244 Å². The van der Waals surface area contributed by atoms with Gasteiger partial charge in [-0.05, 0) is 70.6 Å². The van der Waals surface area contributed by atoms with Crippen molar-refractivity contribution in [3.8, 4) is 0 Å². The number of nitrogens with one attached hydrogen (secondary N) is 1. The first-order chi connectivity index (χ1) is 32.0. The first-order valence-electron chi connectivity index (χ1n) is 27.3. The molecule has 8 nitrogen and oxygen atoms in total. The van der Waals surface area contributed by atoms with Crippen LogP contribution >= 0.6 is 7.82 Å². The molecule has 1 amide bonds. The number of phosphoric ester groups is 1. The molecule has 0 fully saturated rings. The Morgan fingerprint density at radius 2 is 0.924 bits per heavy atom. The Hall–Kier alpha value is -2.06. The average Bonchev–Trinajstić information content (AvgIpc) is 3.28. The van der Waals surface area contributed by atoms with Crippen molar-refractivity contribution >= 4 is 13.7 Å². The van der Waals surface area contributed by atoms with Crippen LogP contribution in [0.15, 0.2) is 72.9 Å². The fraction of sp³-hybridized carbons (Fsp3) is 0.772. The molecule has 0 saturated heterocycles. The van der Waals surface area contributed by atoms with Crippen LogP contribution in [0.25, 0.3) is 0 Å². The Bertz CT molecular complexity index is 1300. The van der Waals surface area contributed by atoms with Crippen LogP contribution < -0.4 is 5.32 Å². The van der Waals surface area contributed by atoms with E-state index in [1.807, 2.05) is 27.2 Å². The molecule has 9 heteroatoms. The lowest BCUT2D eigenvalue weighted by Gasteiger charge is -2.25. The van der Waals surface area contributed by atoms with E-state index < -0.39 is 20.0 Å². The van der Waals surface area contributed by atoms with E-state index in [0.717, 1.165) is 64.2 Å². The summed E-state index contributed by atoms with van der Waals surface area (Å²) in [6.07, 6.45) is 65.9. The van der Waals surface area contributed by atoms with Crippen LogP contribution in [-0.4, -0.2) is 73.4 Å². The molecule has 0 aromatic carbocycles. The summed E-state index contributed by atoms with van der Waals surface area (Å²) in [6, 6.07) is -0.863. The number of likely N-dealkylation sites (N-methyl/N-ethyl adjacent to an activating group) is 1. The number of hydrogen-bond acceptors (Lipinski definition) is 5. The van der Waals surface area contributed by atoms with Crippen molar-refractivity contribution in [2.75, 3.05) is 40.9 Å². The van der Waals surface area contributed by atoms with Gasteiger partial charge in [-0.2, -0.15) is 0 Å². The smallest absolute Gasteiger partial charge is 0.387 e. The first kappa shape index (κ1) is 63.9. The molecule has 0 radical (unpaired) electrons. The number of amides is 1. The molecule has 0 bridgehead atoms. The predicted molar refractivity (Wildman–Crippen MR) is 286 cm³/mol. The van der Waals surface area contributed by atoms with E-state index in [1.165, 1.54) is 148 Å². The topological polar surface area (TPSA) is 105 Å². The fourth-order valence-electron chi connectivity index (χ4n) is 7.64. The lowest BCUT2D eigenvalue weighted by molar-refractivity contribution is -0.870. The summed E-state index contributed by atoms with van der Waals surface area (Å²) < 4.78 is 23.6.